The minimum Gasteiger partial charge on any atom is -0.384 e. The fourth-order valence-corrected chi connectivity index (χ4v) is 1.43. The Morgan fingerprint density at radius 2 is 1.88 bits per heavy atom. The average molecular weight is 221 g/mol. The van der Waals surface area contributed by atoms with Crippen LogP contribution in [0.2, 0.25) is 0 Å². The van der Waals surface area contributed by atoms with Gasteiger partial charge in [-0.25, -0.2) is 9.07 Å². The lowest BCUT2D eigenvalue weighted by molar-refractivity contribution is 0.0711. The molecule has 0 unspecified atom stereocenters. The Bertz CT molecular complexity index is 485. The zero-order valence-corrected chi connectivity index (χ0v) is 9.05. The highest BCUT2D eigenvalue weighted by Crippen LogP contribution is 2.21. The van der Waals surface area contributed by atoms with Gasteiger partial charge in [0.2, 0.25) is 0 Å². The number of benzene rings is 1. The molecule has 0 aliphatic heterocycles. The highest BCUT2D eigenvalue weighted by atomic mass is 19.1. The third-order valence-corrected chi connectivity index (χ3v) is 2.25. The summed E-state index contributed by atoms with van der Waals surface area (Å²) in [4.78, 5) is 0. The predicted octanol–water partition coefficient (Wildman–Crippen LogP) is 1.63. The molecule has 0 aliphatic rings. The monoisotopic (exact) mass is 221 g/mol. The first-order valence-corrected chi connectivity index (χ1v) is 4.88. The molecule has 0 bridgehead atoms. The maximum atomic E-state index is 12.8. The smallest absolute Gasteiger partial charge is 0.123 e. The van der Waals surface area contributed by atoms with Gasteiger partial charge in [0.1, 0.15) is 11.4 Å². The van der Waals surface area contributed by atoms with Gasteiger partial charge in [-0.2, -0.15) is 0 Å². The zero-order valence-electron chi connectivity index (χ0n) is 9.05. The Kier molecular flexibility index (Phi) is 2.47. The standard InChI is InChI=1S/C11H12FN3O/c1-11(2,16)10-7-13-14-15(10)9-5-3-8(12)4-6-9/h3-7,16H,1-2H3. The van der Waals surface area contributed by atoms with E-state index in [1.807, 2.05) is 0 Å². The van der Waals surface area contributed by atoms with Crippen molar-refractivity contribution in [2.45, 2.75) is 19.4 Å². The first-order chi connectivity index (χ1) is 7.48. The first-order valence-electron chi connectivity index (χ1n) is 4.88. The van der Waals surface area contributed by atoms with Crippen LogP contribution in [0.15, 0.2) is 30.5 Å². The molecule has 1 heterocycles. The molecule has 1 N–H and O–H groups in total. The van der Waals surface area contributed by atoms with Crippen molar-refractivity contribution >= 4 is 0 Å². The van der Waals surface area contributed by atoms with Gasteiger partial charge in [-0.15, -0.1) is 5.10 Å². The molecule has 0 saturated heterocycles. The van der Waals surface area contributed by atoms with Crippen molar-refractivity contribution < 1.29 is 9.50 Å². The van der Waals surface area contributed by atoms with Crippen molar-refractivity contribution in [3.05, 3.63) is 42.0 Å². The van der Waals surface area contributed by atoms with E-state index in [1.54, 1.807) is 26.0 Å². The van der Waals surface area contributed by atoms with Gasteiger partial charge < -0.3 is 5.11 Å². The molecule has 0 aliphatic carbocycles. The molecule has 0 fully saturated rings. The summed E-state index contributed by atoms with van der Waals surface area (Å²) in [6.07, 6.45) is 1.49. The fourth-order valence-electron chi connectivity index (χ4n) is 1.43. The maximum Gasteiger partial charge on any atom is 0.123 e. The fraction of sp³-hybridized carbons (Fsp3) is 0.273. The van der Waals surface area contributed by atoms with Crippen LogP contribution in [0, 0.1) is 5.82 Å². The Morgan fingerprint density at radius 1 is 1.25 bits per heavy atom. The van der Waals surface area contributed by atoms with E-state index in [-0.39, 0.29) is 5.82 Å². The summed E-state index contributed by atoms with van der Waals surface area (Å²) in [5.41, 5.74) is 0.174. The van der Waals surface area contributed by atoms with Crippen molar-refractivity contribution in [2.75, 3.05) is 0 Å². The van der Waals surface area contributed by atoms with Gasteiger partial charge in [0, 0.05) is 0 Å². The molecule has 16 heavy (non-hydrogen) atoms. The second-order valence-corrected chi connectivity index (χ2v) is 4.07. The normalized spacial score (nSPS) is 11.8. The maximum absolute atomic E-state index is 12.8. The lowest BCUT2D eigenvalue weighted by Gasteiger charge is -2.17. The highest BCUT2D eigenvalue weighted by molar-refractivity contribution is 5.33. The number of aliphatic hydroxyl groups is 1. The summed E-state index contributed by atoms with van der Waals surface area (Å²) in [6.45, 7) is 3.29. The van der Waals surface area contributed by atoms with Crippen molar-refractivity contribution in [2.24, 2.45) is 0 Å². The minimum absolute atomic E-state index is 0.311. The summed E-state index contributed by atoms with van der Waals surface area (Å²) in [5, 5.41) is 17.5. The summed E-state index contributed by atoms with van der Waals surface area (Å²) >= 11 is 0. The molecule has 4 nitrogen and oxygen atoms in total. The molecular weight excluding hydrogens is 209 g/mol. The van der Waals surface area contributed by atoms with Crippen LogP contribution in [0.1, 0.15) is 19.5 Å². The van der Waals surface area contributed by atoms with E-state index in [0.29, 0.717) is 11.4 Å². The molecule has 0 radical (unpaired) electrons. The third-order valence-electron chi connectivity index (χ3n) is 2.25. The topological polar surface area (TPSA) is 50.9 Å². The van der Waals surface area contributed by atoms with Gasteiger partial charge in [0.25, 0.3) is 0 Å². The summed E-state index contributed by atoms with van der Waals surface area (Å²) < 4.78 is 14.3. The molecule has 0 amide bonds. The quantitative estimate of drug-likeness (QED) is 0.838. The number of aromatic nitrogens is 3. The van der Waals surface area contributed by atoms with Crippen LogP contribution in [0.4, 0.5) is 4.39 Å². The molecule has 5 heteroatoms. The molecule has 1 aromatic heterocycles. The van der Waals surface area contributed by atoms with Gasteiger partial charge in [0.15, 0.2) is 0 Å². The van der Waals surface area contributed by atoms with E-state index in [9.17, 15) is 9.50 Å². The van der Waals surface area contributed by atoms with Crippen LogP contribution < -0.4 is 0 Å². The Labute approximate surface area is 92.3 Å². The molecule has 2 aromatic rings. The van der Waals surface area contributed by atoms with Crippen LogP contribution in [0.25, 0.3) is 5.69 Å². The van der Waals surface area contributed by atoms with Crippen LogP contribution in [-0.2, 0) is 5.60 Å². The van der Waals surface area contributed by atoms with Gasteiger partial charge in [-0.1, -0.05) is 5.21 Å². The molecule has 0 spiro atoms. The largest absolute Gasteiger partial charge is 0.384 e. The predicted molar refractivity (Wildman–Crippen MR) is 56.6 cm³/mol. The van der Waals surface area contributed by atoms with E-state index in [1.165, 1.54) is 23.0 Å². The van der Waals surface area contributed by atoms with Gasteiger partial charge in [-0.3, -0.25) is 0 Å². The SMILES string of the molecule is CC(C)(O)c1cnnn1-c1ccc(F)cc1. The van der Waals surface area contributed by atoms with Crippen LogP contribution in [0.3, 0.4) is 0 Å². The lowest BCUT2D eigenvalue weighted by Crippen LogP contribution is -2.20. The second kappa shape index (κ2) is 3.68. The van der Waals surface area contributed by atoms with E-state index in [2.05, 4.69) is 10.3 Å². The number of rotatable bonds is 2. The van der Waals surface area contributed by atoms with Crippen molar-refractivity contribution in [1.82, 2.24) is 15.0 Å². The average Bonchev–Trinajstić information content (AvgIpc) is 2.66. The molecule has 0 atom stereocenters. The molecule has 84 valence electrons. The number of hydrogen-bond donors (Lipinski definition) is 1. The minimum atomic E-state index is -1.04. The van der Waals surface area contributed by atoms with E-state index >= 15 is 0 Å². The van der Waals surface area contributed by atoms with Crippen molar-refractivity contribution in [3.63, 3.8) is 0 Å². The Hall–Kier alpha value is -1.75. The van der Waals surface area contributed by atoms with Gasteiger partial charge in [-0.05, 0) is 38.1 Å². The molecule has 2 rings (SSSR count). The molecule has 0 saturated carbocycles. The Morgan fingerprint density at radius 3 is 2.44 bits per heavy atom. The third kappa shape index (κ3) is 1.94. The van der Waals surface area contributed by atoms with Crippen LogP contribution >= 0.6 is 0 Å². The van der Waals surface area contributed by atoms with E-state index < -0.39 is 5.60 Å². The summed E-state index contributed by atoms with van der Waals surface area (Å²) in [7, 11) is 0. The zero-order chi connectivity index (χ0) is 11.8. The highest BCUT2D eigenvalue weighted by Gasteiger charge is 2.22. The van der Waals surface area contributed by atoms with Crippen molar-refractivity contribution in [3.8, 4) is 5.69 Å². The second-order valence-electron chi connectivity index (χ2n) is 4.07. The first kappa shape index (κ1) is 10.8. The van der Waals surface area contributed by atoms with E-state index in [4.69, 9.17) is 0 Å². The number of hydrogen-bond acceptors (Lipinski definition) is 3. The van der Waals surface area contributed by atoms with Crippen LogP contribution in [0.5, 0.6) is 0 Å². The number of halogens is 1. The summed E-state index contributed by atoms with van der Waals surface area (Å²) in [6, 6.07) is 5.84. The molecular formula is C11H12FN3O. The molecule has 1 aromatic carbocycles. The van der Waals surface area contributed by atoms with E-state index in [0.717, 1.165) is 0 Å². The van der Waals surface area contributed by atoms with Crippen LogP contribution in [-0.4, -0.2) is 20.1 Å². The number of nitrogens with zero attached hydrogens (tertiary/aromatic N) is 3. The Balaban J connectivity index is 2.49. The van der Waals surface area contributed by atoms with Crippen molar-refractivity contribution in [1.29, 1.82) is 0 Å². The van der Waals surface area contributed by atoms with Gasteiger partial charge in [0.05, 0.1) is 17.6 Å². The summed E-state index contributed by atoms with van der Waals surface area (Å²) in [5.74, 6) is -0.311. The van der Waals surface area contributed by atoms with Gasteiger partial charge >= 0.3 is 0 Å². The lowest BCUT2D eigenvalue weighted by atomic mass is 10.1.